The maximum atomic E-state index is 12.2. The molecule has 122 valence electrons. The van der Waals surface area contributed by atoms with Crippen molar-refractivity contribution in [3.63, 3.8) is 0 Å². The minimum absolute atomic E-state index is 0.158. The Morgan fingerprint density at radius 1 is 1.21 bits per heavy atom. The minimum atomic E-state index is -0.379. The van der Waals surface area contributed by atoms with Crippen molar-refractivity contribution in [3.05, 3.63) is 65.4 Å². The fraction of sp³-hybridized carbons (Fsp3) is 0.211. The summed E-state index contributed by atoms with van der Waals surface area (Å²) in [6.45, 7) is 0.228. The van der Waals surface area contributed by atoms with Crippen LogP contribution in [0.3, 0.4) is 0 Å². The molecule has 0 saturated carbocycles. The summed E-state index contributed by atoms with van der Waals surface area (Å²) in [7, 11) is 1.39. The lowest BCUT2D eigenvalue weighted by molar-refractivity contribution is 0.125. The third-order valence-corrected chi connectivity index (χ3v) is 4.35. The first kappa shape index (κ1) is 14.6. The van der Waals surface area contributed by atoms with Crippen molar-refractivity contribution < 1.29 is 19.0 Å². The van der Waals surface area contributed by atoms with E-state index in [0.29, 0.717) is 12.2 Å². The molecular weight excluding hydrogens is 306 g/mol. The first-order chi connectivity index (χ1) is 11.8. The Balaban J connectivity index is 1.77. The number of nitrogens with zero attached hydrogens (tertiary/aromatic N) is 1. The van der Waals surface area contributed by atoms with Crippen LogP contribution in [-0.4, -0.2) is 24.9 Å². The highest BCUT2D eigenvalue weighted by Crippen LogP contribution is 2.41. The number of methoxy groups -OCH3 is 1. The molecule has 0 fully saturated rings. The Labute approximate surface area is 140 Å². The van der Waals surface area contributed by atoms with E-state index in [0.717, 1.165) is 22.4 Å². The Kier molecular flexibility index (Phi) is 3.61. The van der Waals surface area contributed by atoms with Crippen LogP contribution in [0.25, 0.3) is 6.08 Å². The molecule has 0 aliphatic carbocycles. The predicted molar refractivity (Wildman–Crippen MR) is 88.7 cm³/mol. The van der Waals surface area contributed by atoms with Gasteiger partial charge in [0.15, 0.2) is 11.5 Å². The van der Waals surface area contributed by atoms with Gasteiger partial charge in [0.05, 0.1) is 13.2 Å². The minimum Gasteiger partial charge on any atom is -0.454 e. The molecule has 5 heteroatoms. The number of hydrogen-bond donors (Lipinski definition) is 0. The first-order valence-corrected chi connectivity index (χ1v) is 7.78. The molecule has 0 N–H and O–H groups in total. The van der Waals surface area contributed by atoms with E-state index in [1.165, 1.54) is 7.11 Å². The molecule has 0 saturated heterocycles. The molecule has 2 aliphatic heterocycles. The van der Waals surface area contributed by atoms with Crippen molar-refractivity contribution in [2.45, 2.75) is 12.5 Å². The lowest BCUT2D eigenvalue weighted by Gasteiger charge is -2.32. The molecule has 5 nitrogen and oxygen atoms in total. The van der Waals surface area contributed by atoms with Crippen LogP contribution in [0.5, 0.6) is 11.5 Å². The first-order valence-electron chi connectivity index (χ1n) is 7.78. The summed E-state index contributed by atoms with van der Waals surface area (Å²) in [6.07, 6.45) is 3.97. The monoisotopic (exact) mass is 323 g/mol. The number of amides is 1. The summed E-state index contributed by atoms with van der Waals surface area (Å²) in [6, 6.07) is 13.9. The average Bonchev–Trinajstić information content (AvgIpc) is 3.08. The molecule has 1 amide bonds. The molecule has 2 aromatic carbocycles. The quantitative estimate of drug-likeness (QED) is 0.844. The van der Waals surface area contributed by atoms with Crippen LogP contribution < -0.4 is 9.47 Å². The molecule has 24 heavy (non-hydrogen) atoms. The second-order valence-corrected chi connectivity index (χ2v) is 5.73. The van der Waals surface area contributed by atoms with Gasteiger partial charge in [-0.25, -0.2) is 4.79 Å². The Morgan fingerprint density at radius 3 is 2.71 bits per heavy atom. The van der Waals surface area contributed by atoms with Crippen LogP contribution in [0.1, 0.15) is 22.7 Å². The van der Waals surface area contributed by atoms with Gasteiger partial charge >= 0.3 is 6.09 Å². The molecule has 2 heterocycles. The summed E-state index contributed by atoms with van der Waals surface area (Å²) < 4.78 is 15.9. The van der Waals surface area contributed by atoms with Gasteiger partial charge in [0, 0.05) is 6.20 Å². The van der Waals surface area contributed by atoms with Crippen LogP contribution in [-0.2, 0) is 11.2 Å². The highest BCUT2D eigenvalue weighted by atomic mass is 16.7. The summed E-state index contributed by atoms with van der Waals surface area (Å²) >= 11 is 0. The van der Waals surface area contributed by atoms with E-state index in [1.807, 2.05) is 36.4 Å². The number of hydrogen-bond acceptors (Lipinski definition) is 4. The number of carbonyl (C=O) groups is 1. The zero-order chi connectivity index (χ0) is 16.5. The molecule has 0 spiro atoms. The predicted octanol–water partition coefficient (Wildman–Crippen LogP) is 3.75. The second kappa shape index (κ2) is 5.92. The van der Waals surface area contributed by atoms with Gasteiger partial charge in [-0.15, -0.1) is 0 Å². The molecule has 0 bridgehead atoms. The summed E-state index contributed by atoms with van der Waals surface area (Å²) in [5.41, 5.74) is 3.20. The van der Waals surface area contributed by atoms with Crippen molar-refractivity contribution in [2.24, 2.45) is 0 Å². The summed E-state index contributed by atoms with van der Waals surface area (Å²) in [5.74, 6) is 1.45. The normalized spacial score (nSPS) is 17.5. The van der Waals surface area contributed by atoms with Crippen LogP contribution in [0.2, 0.25) is 0 Å². The Bertz CT molecular complexity index is 801. The van der Waals surface area contributed by atoms with E-state index in [-0.39, 0.29) is 18.9 Å². The number of benzene rings is 2. The van der Waals surface area contributed by atoms with E-state index >= 15 is 0 Å². The van der Waals surface area contributed by atoms with Crippen LogP contribution in [0, 0.1) is 0 Å². The third-order valence-electron chi connectivity index (χ3n) is 4.35. The van der Waals surface area contributed by atoms with Gasteiger partial charge in [-0.3, -0.25) is 4.90 Å². The smallest absolute Gasteiger partial charge is 0.414 e. The lowest BCUT2D eigenvalue weighted by atomic mass is 9.91. The van der Waals surface area contributed by atoms with Crippen LogP contribution in [0.4, 0.5) is 4.79 Å². The van der Waals surface area contributed by atoms with Gasteiger partial charge in [0.25, 0.3) is 0 Å². The van der Waals surface area contributed by atoms with E-state index in [1.54, 1.807) is 11.1 Å². The largest absolute Gasteiger partial charge is 0.454 e. The van der Waals surface area contributed by atoms with E-state index < -0.39 is 0 Å². The zero-order valence-corrected chi connectivity index (χ0v) is 13.3. The molecule has 4 rings (SSSR count). The third kappa shape index (κ3) is 2.48. The number of ether oxygens (including phenoxy) is 3. The van der Waals surface area contributed by atoms with Crippen molar-refractivity contribution in [2.75, 3.05) is 13.9 Å². The molecule has 0 aromatic heterocycles. The van der Waals surface area contributed by atoms with Gasteiger partial charge in [-0.2, -0.15) is 0 Å². The molecule has 1 unspecified atom stereocenters. The topological polar surface area (TPSA) is 48.0 Å². The molecular formula is C19H17NO4. The number of carbonyl (C=O) groups excluding carboxylic acids is 1. The SMILES string of the molecule is COC(=O)N1C=Cc2cc3c(cc2C1Cc1ccccc1)OCO3. The molecule has 1 atom stereocenters. The average molecular weight is 323 g/mol. The highest BCUT2D eigenvalue weighted by Gasteiger charge is 2.31. The van der Waals surface area contributed by atoms with Gasteiger partial charge in [-0.05, 0) is 41.3 Å². The van der Waals surface area contributed by atoms with Gasteiger partial charge in [0.1, 0.15) is 0 Å². The summed E-state index contributed by atoms with van der Waals surface area (Å²) in [5, 5.41) is 0. The Hall–Kier alpha value is -2.95. The maximum Gasteiger partial charge on any atom is 0.414 e. The van der Waals surface area contributed by atoms with E-state index in [9.17, 15) is 4.79 Å². The van der Waals surface area contributed by atoms with Crippen molar-refractivity contribution >= 4 is 12.2 Å². The van der Waals surface area contributed by atoms with E-state index in [2.05, 4.69) is 12.1 Å². The van der Waals surface area contributed by atoms with Gasteiger partial charge < -0.3 is 14.2 Å². The zero-order valence-electron chi connectivity index (χ0n) is 13.3. The fourth-order valence-electron chi connectivity index (χ4n) is 3.16. The molecule has 2 aliphatic rings. The van der Waals surface area contributed by atoms with Crippen molar-refractivity contribution in [3.8, 4) is 11.5 Å². The molecule has 0 radical (unpaired) electrons. The van der Waals surface area contributed by atoms with Crippen LogP contribution >= 0.6 is 0 Å². The fourth-order valence-corrected chi connectivity index (χ4v) is 3.16. The second-order valence-electron chi connectivity index (χ2n) is 5.73. The Morgan fingerprint density at radius 2 is 1.96 bits per heavy atom. The van der Waals surface area contributed by atoms with Gasteiger partial charge in [-0.1, -0.05) is 30.3 Å². The number of fused-ring (bicyclic) bond motifs is 2. The van der Waals surface area contributed by atoms with E-state index in [4.69, 9.17) is 14.2 Å². The van der Waals surface area contributed by atoms with Gasteiger partial charge in [0.2, 0.25) is 6.79 Å². The molecule has 2 aromatic rings. The van der Waals surface area contributed by atoms with Crippen molar-refractivity contribution in [1.29, 1.82) is 0 Å². The maximum absolute atomic E-state index is 12.2. The number of rotatable bonds is 2. The van der Waals surface area contributed by atoms with Crippen molar-refractivity contribution in [1.82, 2.24) is 4.90 Å². The summed E-state index contributed by atoms with van der Waals surface area (Å²) in [4.78, 5) is 13.8. The lowest BCUT2D eigenvalue weighted by Crippen LogP contribution is -2.33. The standard InChI is InChI=1S/C19H17NO4/c1-22-19(21)20-8-7-14-10-17-18(24-12-23-17)11-15(14)16(20)9-13-5-3-2-4-6-13/h2-8,10-11,16H,9,12H2,1H3. The highest BCUT2D eigenvalue weighted by molar-refractivity contribution is 5.74. The van der Waals surface area contributed by atoms with Crippen LogP contribution in [0.15, 0.2) is 48.7 Å².